The Morgan fingerprint density at radius 3 is 2.14 bits per heavy atom. The van der Waals surface area contributed by atoms with E-state index in [1.165, 1.54) is 14.2 Å². The van der Waals surface area contributed by atoms with E-state index in [-0.39, 0.29) is 12.0 Å². The zero-order chi connectivity index (χ0) is 15.3. The minimum absolute atomic E-state index is 0.0267. The van der Waals surface area contributed by atoms with E-state index in [1.807, 2.05) is 0 Å². The van der Waals surface area contributed by atoms with Gasteiger partial charge in [-0.2, -0.15) is 0 Å². The highest BCUT2D eigenvalue weighted by atomic mass is 16.5. The zero-order valence-electron chi connectivity index (χ0n) is 13.1. The Balaban J connectivity index is 2.19. The van der Waals surface area contributed by atoms with E-state index in [0.29, 0.717) is 12.8 Å². The molecule has 0 aromatic heterocycles. The molecule has 1 aliphatic heterocycles. The maximum Gasteiger partial charge on any atom is 0.323 e. The van der Waals surface area contributed by atoms with Gasteiger partial charge in [-0.1, -0.05) is 12.8 Å². The summed E-state index contributed by atoms with van der Waals surface area (Å²) in [5.74, 6) is -0.864. The lowest BCUT2D eigenvalue weighted by Gasteiger charge is -2.34. The van der Waals surface area contributed by atoms with E-state index in [2.05, 4.69) is 0 Å². The predicted molar refractivity (Wildman–Crippen MR) is 76.6 cm³/mol. The fourth-order valence-corrected chi connectivity index (χ4v) is 3.87. The number of carbonyl (C=O) groups excluding carboxylic acids is 2. The van der Waals surface area contributed by atoms with E-state index in [9.17, 15) is 9.59 Å². The van der Waals surface area contributed by atoms with Crippen LogP contribution in [0.1, 0.15) is 51.4 Å². The van der Waals surface area contributed by atoms with E-state index in [4.69, 9.17) is 14.2 Å². The molecule has 1 saturated heterocycles. The summed E-state index contributed by atoms with van der Waals surface area (Å²) < 4.78 is 15.6. The van der Waals surface area contributed by atoms with Crippen LogP contribution in [0.3, 0.4) is 0 Å². The van der Waals surface area contributed by atoms with Crippen LogP contribution in [0.25, 0.3) is 0 Å². The molecule has 5 heteroatoms. The largest absolute Gasteiger partial charge is 0.468 e. The van der Waals surface area contributed by atoms with Crippen LogP contribution < -0.4 is 0 Å². The second-order valence-corrected chi connectivity index (χ2v) is 6.11. The SMILES string of the molecule is COC(=O)C(CCC1CCCO1)(C(=O)OC)C1CCCC1. The molecule has 0 amide bonds. The number of hydrogen-bond donors (Lipinski definition) is 0. The molecule has 1 unspecified atom stereocenters. The molecule has 21 heavy (non-hydrogen) atoms. The monoisotopic (exact) mass is 298 g/mol. The van der Waals surface area contributed by atoms with Crippen LogP contribution in [0.2, 0.25) is 0 Å². The minimum Gasteiger partial charge on any atom is -0.468 e. The number of methoxy groups -OCH3 is 2. The third-order valence-electron chi connectivity index (χ3n) is 5.04. The summed E-state index contributed by atoms with van der Waals surface area (Å²) in [7, 11) is 2.70. The Hall–Kier alpha value is -1.10. The highest BCUT2D eigenvalue weighted by molar-refractivity contribution is 6.00. The van der Waals surface area contributed by atoms with Crippen molar-refractivity contribution in [3.8, 4) is 0 Å². The molecular weight excluding hydrogens is 272 g/mol. The van der Waals surface area contributed by atoms with Gasteiger partial charge in [0, 0.05) is 6.61 Å². The van der Waals surface area contributed by atoms with Crippen molar-refractivity contribution in [3.63, 3.8) is 0 Å². The molecule has 0 aromatic carbocycles. The van der Waals surface area contributed by atoms with Gasteiger partial charge in [-0.3, -0.25) is 9.59 Å². The van der Waals surface area contributed by atoms with Crippen molar-refractivity contribution < 1.29 is 23.8 Å². The smallest absolute Gasteiger partial charge is 0.323 e. The second kappa shape index (κ2) is 7.25. The average Bonchev–Trinajstić information content (AvgIpc) is 3.20. The first-order valence-electron chi connectivity index (χ1n) is 7.93. The van der Waals surface area contributed by atoms with Gasteiger partial charge >= 0.3 is 11.9 Å². The molecule has 1 heterocycles. The van der Waals surface area contributed by atoms with Gasteiger partial charge in [0.15, 0.2) is 5.41 Å². The van der Waals surface area contributed by atoms with E-state index >= 15 is 0 Å². The molecule has 120 valence electrons. The molecule has 2 fully saturated rings. The Morgan fingerprint density at radius 1 is 1.05 bits per heavy atom. The number of esters is 2. The number of rotatable bonds is 6. The fourth-order valence-electron chi connectivity index (χ4n) is 3.87. The first-order chi connectivity index (χ1) is 10.1. The van der Waals surface area contributed by atoms with E-state index in [0.717, 1.165) is 45.1 Å². The zero-order valence-corrected chi connectivity index (χ0v) is 13.1. The van der Waals surface area contributed by atoms with Crippen molar-refractivity contribution in [1.82, 2.24) is 0 Å². The molecule has 0 radical (unpaired) electrons. The van der Waals surface area contributed by atoms with Crippen molar-refractivity contribution in [2.45, 2.75) is 57.5 Å². The molecule has 0 bridgehead atoms. The van der Waals surface area contributed by atoms with Crippen LogP contribution in [0.4, 0.5) is 0 Å². The first kappa shape index (κ1) is 16.3. The number of carbonyl (C=O) groups is 2. The lowest BCUT2D eigenvalue weighted by molar-refractivity contribution is -0.175. The molecule has 1 aliphatic carbocycles. The Morgan fingerprint density at radius 2 is 1.67 bits per heavy atom. The van der Waals surface area contributed by atoms with Gasteiger partial charge in [0.25, 0.3) is 0 Å². The van der Waals surface area contributed by atoms with Crippen LogP contribution in [-0.4, -0.2) is 38.9 Å². The summed E-state index contributed by atoms with van der Waals surface area (Å²) in [5, 5.41) is 0. The maximum atomic E-state index is 12.5. The summed E-state index contributed by atoms with van der Waals surface area (Å²) >= 11 is 0. The first-order valence-corrected chi connectivity index (χ1v) is 7.93. The molecular formula is C16H26O5. The normalized spacial score (nSPS) is 23.2. The van der Waals surface area contributed by atoms with Crippen LogP contribution in [0.5, 0.6) is 0 Å². The summed E-state index contributed by atoms with van der Waals surface area (Å²) in [6.07, 6.45) is 7.26. The lowest BCUT2D eigenvalue weighted by atomic mass is 9.70. The van der Waals surface area contributed by atoms with Crippen molar-refractivity contribution in [2.75, 3.05) is 20.8 Å². The molecule has 0 spiro atoms. The van der Waals surface area contributed by atoms with Crippen LogP contribution in [0.15, 0.2) is 0 Å². The predicted octanol–water partition coefficient (Wildman–Crippen LogP) is 2.47. The van der Waals surface area contributed by atoms with Crippen molar-refractivity contribution in [2.24, 2.45) is 11.3 Å². The molecule has 2 aliphatic rings. The van der Waals surface area contributed by atoms with Crippen molar-refractivity contribution >= 4 is 11.9 Å². The summed E-state index contributed by atoms with van der Waals surface area (Å²) in [6, 6.07) is 0. The molecule has 0 N–H and O–H groups in total. The highest BCUT2D eigenvalue weighted by Gasteiger charge is 2.54. The third kappa shape index (κ3) is 3.23. The summed E-state index contributed by atoms with van der Waals surface area (Å²) in [5.41, 5.74) is -1.15. The molecule has 0 aromatic rings. The fraction of sp³-hybridized carbons (Fsp3) is 0.875. The van der Waals surface area contributed by atoms with Crippen LogP contribution in [-0.2, 0) is 23.8 Å². The lowest BCUT2D eigenvalue weighted by Crippen LogP contribution is -2.47. The van der Waals surface area contributed by atoms with Gasteiger partial charge < -0.3 is 14.2 Å². The Labute approximate surface area is 126 Å². The van der Waals surface area contributed by atoms with Crippen molar-refractivity contribution in [3.05, 3.63) is 0 Å². The minimum atomic E-state index is -1.15. The van der Waals surface area contributed by atoms with Crippen molar-refractivity contribution in [1.29, 1.82) is 0 Å². The van der Waals surface area contributed by atoms with Gasteiger partial charge in [0.05, 0.1) is 20.3 Å². The summed E-state index contributed by atoms with van der Waals surface area (Å²) in [6.45, 7) is 0.775. The summed E-state index contributed by atoms with van der Waals surface area (Å²) in [4.78, 5) is 24.9. The van der Waals surface area contributed by atoms with Crippen LogP contribution >= 0.6 is 0 Å². The highest BCUT2D eigenvalue weighted by Crippen LogP contribution is 2.45. The quantitative estimate of drug-likeness (QED) is 0.557. The molecule has 2 rings (SSSR count). The van der Waals surface area contributed by atoms with Gasteiger partial charge in [-0.15, -0.1) is 0 Å². The van der Waals surface area contributed by atoms with Crippen LogP contribution in [0, 0.1) is 11.3 Å². The van der Waals surface area contributed by atoms with Gasteiger partial charge in [-0.05, 0) is 44.4 Å². The van der Waals surface area contributed by atoms with E-state index < -0.39 is 17.4 Å². The Bertz CT molecular complexity index is 351. The number of ether oxygens (including phenoxy) is 3. The Kier molecular flexibility index (Phi) is 5.62. The van der Waals surface area contributed by atoms with Gasteiger partial charge in [0.1, 0.15) is 0 Å². The van der Waals surface area contributed by atoms with E-state index in [1.54, 1.807) is 0 Å². The third-order valence-corrected chi connectivity index (χ3v) is 5.04. The molecule has 1 atom stereocenters. The topological polar surface area (TPSA) is 61.8 Å². The van der Waals surface area contributed by atoms with Gasteiger partial charge in [-0.25, -0.2) is 0 Å². The maximum absolute atomic E-state index is 12.5. The van der Waals surface area contributed by atoms with Gasteiger partial charge in [0.2, 0.25) is 0 Å². The molecule has 1 saturated carbocycles. The number of hydrogen-bond acceptors (Lipinski definition) is 5. The second-order valence-electron chi connectivity index (χ2n) is 6.11. The standard InChI is InChI=1S/C16H26O5/c1-19-14(17)16(15(18)20-2,12-6-3-4-7-12)10-9-13-8-5-11-21-13/h12-13H,3-11H2,1-2H3. The molecule has 5 nitrogen and oxygen atoms in total. The average molecular weight is 298 g/mol.